The second-order valence-electron chi connectivity index (χ2n) is 0.894. The topological polar surface area (TPSA) is 9.23 Å². The van der Waals surface area contributed by atoms with Crippen molar-refractivity contribution in [3.63, 3.8) is 0 Å². The van der Waals surface area contributed by atoms with Crippen molar-refractivity contribution in [1.29, 1.82) is 0 Å². The van der Waals surface area contributed by atoms with Crippen LogP contribution in [0.15, 0.2) is 6.08 Å². The van der Waals surface area contributed by atoms with Crippen LogP contribution >= 0.6 is 0 Å². The van der Waals surface area contributed by atoms with E-state index in [1.165, 1.54) is 44.8 Å². The molecular formula is C6H8OW2-2. The molecule has 0 rings (SSSR count). The molecule has 1 nitrogen and oxygen atoms in total. The van der Waals surface area contributed by atoms with Crippen LogP contribution < -0.4 is 0 Å². The first-order valence-corrected chi connectivity index (χ1v) is 5.08. The molecule has 0 spiro atoms. The summed E-state index contributed by atoms with van der Waals surface area (Å²) in [5.74, 6) is 0. The molecule has 0 aliphatic heterocycles. The molecule has 0 aromatic carbocycles. The van der Waals surface area contributed by atoms with Gasteiger partial charge in [0.1, 0.15) is 0 Å². The van der Waals surface area contributed by atoms with E-state index < -0.39 is 0 Å². The SMILES string of the molecule is C[C-]=[W].[CH-]=C[C](=[W])OC. The predicted octanol–water partition coefficient (Wildman–Crippen LogP) is 0.531. The molecule has 9 heavy (non-hydrogen) atoms. The second kappa shape index (κ2) is 11.6. The van der Waals surface area contributed by atoms with E-state index in [9.17, 15) is 0 Å². The van der Waals surface area contributed by atoms with Crippen LogP contribution in [0.3, 0.4) is 0 Å². The summed E-state index contributed by atoms with van der Waals surface area (Å²) in [6, 6.07) is 0. The summed E-state index contributed by atoms with van der Waals surface area (Å²) in [5, 5.41) is 0. The van der Waals surface area contributed by atoms with E-state index >= 15 is 0 Å². The van der Waals surface area contributed by atoms with E-state index in [2.05, 4.69) is 9.14 Å². The van der Waals surface area contributed by atoms with Crippen LogP contribution in [0.4, 0.5) is 0 Å². The molecule has 0 aromatic heterocycles. The Morgan fingerprint density at radius 2 is 2.11 bits per heavy atom. The Hall–Kier alpha value is 0.817. The van der Waals surface area contributed by atoms with Gasteiger partial charge in [-0.2, -0.15) is 0 Å². The number of rotatable bonds is 2. The number of ether oxygens (including phenoxy) is 1. The molecule has 0 saturated heterocycles. The van der Waals surface area contributed by atoms with E-state index in [1.807, 2.05) is 6.92 Å². The average Bonchev–Trinajstić information content (AvgIpc) is 1.88. The maximum absolute atomic E-state index is 5.02. The Balaban J connectivity index is 0. The quantitative estimate of drug-likeness (QED) is 0.543. The molecule has 0 aliphatic rings. The molecule has 0 aliphatic carbocycles. The molecule has 0 heterocycles. The van der Waals surface area contributed by atoms with Gasteiger partial charge >= 0.3 is 78.6 Å². The van der Waals surface area contributed by atoms with Gasteiger partial charge in [0, 0.05) is 0 Å². The van der Waals surface area contributed by atoms with Crippen LogP contribution in [-0.2, 0) is 43.4 Å². The first-order chi connectivity index (χ1) is 4.22. The van der Waals surface area contributed by atoms with Crippen molar-refractivity contribution in [2.75, 3.05) is 7.11 Å². The second-order valence-corrected chi connectivity index (χ2v) is 3.81. The Labute approximate surface area is 78.3 Å². The number of methoxy groups -OCH3 is 1. The minimum absolute atomic E-state index is 0.829. The van der Waals surface area contributed by atoms with Crippen molar-refractivity contribution in [3.8, 4) is 0 Å². The fourth-order valence-electron chi connectivity index (χ4n) is 0.0680. The molecule has 0 N–H and O–H groups in total. The Morgan fingerprint density at radius 3 is 2.11 bits per heavy atom. The van der Waals surface area contributed by atoms with Gasteiger partial charge in [-0.15, -0.1) is 0 Å². The molecule has 0 fully saturated rings. The summed E-state index contributed by atoms with van der Waals surface area (Å²) in [7, 11) is 1.60. The van der Waals surface area contributed by atoms with Crippen LogP contribution in [0.1, 0.15) is 6.92 Å². The fraction of sp³-hybridized carbons (Fsp3) is 0.333. The third-order valence-corrected chi connectivity index (χ3v) is 1.42. The maximum atomic E-state index is 5.02. The molecular weight excluding hydrogens is 456 g/mol. The molecule has 52 valence electrons. The van der Waals surface area contributed by atoms with Gasteiger partial charge in [-0.05, 0) is 0 Å². The van der Waals surface area contributed by atoms with E-state index in [0.29, 0.717) is 0 Å². The zero-order valence-electron chi connectivity index (χ0n) is 5.38. The van der Waals surface area contributed by atoms with Gasteiger partial charge < -0.3 is 0 Å². The van der Waals surface area contributed by atoms with Gasteiger partial charge in [-0.25, -0.2) is 0 Å². The number of hydrogen-bond acceptors (Lipinski definition) is 1. The summed E-state index contributed by atoms with van der Waals surface area (Å²) < 4.78 is 8.33. The third kappa shape index (κ3) is 17.7. The summed E-state index contributed by atoms with van der Waals surface area (Å²) in [6.45, 7) is 6.93. The minimum atomic E-state index is 0.829. The molecule has 0 aromatic rings. The molecule has 0 bridgehead atoms. The van der Waals surface area contributed by atoms with Crippen LogP contribution in [0, 0.1) is 6.58 Å². The monoisotopic (exact) mass is 464 g/mol. The van der Waals surface area contributed by atoms with Gasteiger partial charge in [-0.3, -0.25) is 0 Å². The van der Waals surface area contributed by atoms with E-state index in [-0.39, 0.29) is 0 Å². The molecule has 0 amide bonds. The zero-order valence-corrected chi connectivity index (χ0v) is 11.2. The molecule has 0 unspecified atom stereocenters. The summed E-state index contributed by atoms with van der Waals surface area (Å²) in [4.78, 5) is 0. The van der Waals surface area contributed by atoms with Crippen molar-refractivity contribution in [2.45, 2.75) is 6.92 Å². The molecule has 0 saturated carbocycles. The Kier molecular flexibility index (Phi) is 16.1. The standard InChI is InChI=1S/C4H5O.C2H3.2W/c1-3-4-5-2;1-2;;/h1,3H,2H3;1H3;;/q2*-1;;. The van der Waals surface area contributed by atoms with Crippen molar-refractivity contribution >= 4 is 8.48 Å². The van der Waals surface area contributed by atoms with Gasteiger partial charge in [0.25, 0.3) is 0 Å². The van der Waals surface area contributed by atoms with Crippen molar-refractivity contribution in [3.05, 3.63) is 12.7 Å². The molecule has 0 atom stereocenters. The van der Waals surface area contributed by atoms with Crippen molar-refractivity contribution < 1.29 is 43.4 Å². The van der Waals surface area contributed by atoms with Gasteiger partial charge in [-0.1, -0.05) is 0 Å². The fourth-order valence-corrected chi connectivity index (χ4v) is 0.0680. The van der Waals surface area contributed by atoms with E-state index in [0.717, 1.165) is 4.08 Å². The number of hydrogen-bond donors (Lipinski definition) is 0. The summed E-state index contributed by atoms with van der Waals surface area (Å²) >= 11 is 2.68. The molecule has 3 heteroatoms. The van der Waals surface area contributed by atoms with Crippen LogP contribution in [-0.4, -0.2) is 15.6 Å². The van der Waals surface area contributed by atoms with E-state index in [1.54, 1.807) is 7.11 Å². The van der Waals surface area contributed by atoms with Crippen molar-refractivity contribution in [2.24, 2.45) is 0 Å². The molecule has 0 radical (unpaired) electrons. The normalized spacial score (nSPS) is 6.44. The summed E-state index contributed by atoms with van der Waals surface area (Å²) in [6.07, 6.45) is 1.45. The van der Waals surface area contributed by atoms with E-state index in [4.69, 9.17) is 6.58 Å². The summed E-state index contributed by atoms with van der Waals surface area (Å²) in [5.41, 5.74) is 0. The van der Waals surface area contributed by atoms with Gasteiger partial charge in [0.15, 0.2) is 0 Å². The first kappa shape index (κ1) is 12.5. The van der Waals surface area contributed by atoms with Gasteiger partial charge in [0.05, 0.1) is 0 Å². The Morgan fingerprint density at radius 1 is 1.78 bits per heavy atom. The Bertz CT molecular complexity index is 99.2. The van der Waals surface area contributed by atoms with Gasteiger partial charge in [0.2, 0.25) is 0 Å². The zero-order chi connectivity index (χ0) is 7.70. The van der Waals surface area contributed by atoms with Crippen LogP contribution in [0.5, 0.6) is 0 Å². The van der Waals surface area contributed by atoms with Crippen molar-refractivity contribution in [1.82, 2.24) is 0 Å². The predicted molar refractivity (Wildman–Crippen MR) is 31.6 cm³/mol. The van der Waals surface area contributed by atoms with Crippen LogP contribution in [0.2, 0.25) is 0 Å². The average molecular weight is 464 g/mol. The third-order valence-electron chi connectivity index (χ3n) is 0.337. The van der Waals surface area contributed by atoms with Crippen LogP contribution in [0.25, 0.3) is 0 Å². The first-order valence-electron chi connectivity index (χ1n) is 2.14.